The highest BCUT2D eigenvalue weighted by molar-refractivity contribution is 6.35. The number of fused-ring (bicyclic) bond motifs is 1. The molecule has 1 fully saturated rings. The normalized spacial score (nSPS) is 13.0. The van der Waals surface area contributed by atoms with Crippen molar-refractivity contribution >= 4 is 28.5 Å². The molecular formula is C20H17N5O4. The van der Waals surface area contributed by atoms with Crippen LogP contribution in [0.4, 0.5) is 0 Å². The van der Waals surface area contributed by atoms with Crippen molar-refractivity contribution in [3.05, 3.63) is 70.6 Å². The average Bonchev–Trinajstić information content (AvgIpc) is 3.57. The first-order valence-electron chi connectivity index (χ1n) is 9.03. The SMILES string of the molecule is O=C(NNC(=O)c1nn(-c2ccccc2)c(=O)c2ccccc12)C(=O)NC1CC1. The molecule has 9 heteroatoms. The number of nitrogens with one attached hydrogen (secondary N) is 3. The number of hydrazine groups is 1. The first kappa shape index (κ1) is 18.4. The maximum absolute atomic E-state index is 12.8. The summed E-state index contributed by atoms with van der Waals surface area (Å²) >= 11 is 0. The summed E-state index contributed by atoms with van der Waals surface area (Å²) in [4.78, 5) is 49.0. The molecule has 1 heterocycles. The van der Waals surface area contributed by atoms with Crippen molar-refractivity contribution in [2.75, 3.05) is 0 Å². The molecule has 3 amide bonds. The van der Waals surface area contributed by atoms with E-state index in [9.17, 15) is 19.2 Å². The summed E-state index contributed by atoms with van der Waals surface area (Å²) in [5.41, 5.74) is 4.31. The molecule has 0 unspecified atom stereocenters. The first-order chi connectivity index (χ1) is 14.0. The van der Waals surface area contributed by atoms with Crippen molar-refractivity contribution in [3.8, 4) is 5.69 Å². The highest BCUT2D eigenvalue weighted by Gasteiger charge is 2.27. The van der Waals surface area contributed by atoms with Crippen LogP contribution in [0.25, 0.3) is 16.5 Å². The Labute approximate surface area is 164 Å². The van der Waals surface area contributed by atoms with Crippen molar-refractivity contribution in [2.45, 2.75) is 18.9 Å². The summed E-state index contributed by atoms with van der Waals surface area (Å²) in [6.45, 7) is 0. The van der Waals surface area contributed by atoms with E-state index in [0.29, 0.717) is 16.5 Å². The summed E-state index contributed by atoms with van der Waals surface area (Å²) in [6, 6.07) is 15.2. The van der Waals surface area contributed by atoms with Gasteiger partial charge in [-0.3, -0.25) is 30.0 Å². The Morgan fingerprint density at radius 3 is 2.21 bits per heavy atom. The standard InChI is InChI=1S/C20H17N5O4/c26-17(22-23-19(28)18(27)21-12-10-11-12)16-14-8-4-5-9-15(14)20(29)25(24-16)13-6-2-1-3-7-13/h1-9,12H,10-11H2,(H,21,27)(H,22,26)(H,23,28). The molecule has 0 atom stereocenters. The van der Waals surface area contributed by atoms with Crippen molar-refractivity contribution in [1.82, 2.24) is 25.9 Å². The van der Waals surface area contributed by atoms with Gasteiger partial charge >= 0.3 is 11.8 Å². The molecule has 0 radical (unpaired) electrons. The van der Waals surface area contributed by atoms with Crippen LogP contribution in [0.5, 0.6) is 0 Å². The average molecular weight is 391 g/mol. The minimum atomic E-state index is -0.981. The van der Waals surface area contributed by atoms with Gasteiger partial charge in [0.15, 0.2) is 5.69 Å². The van der Waals surface area contributed by atoms with Crippen LogP contribution in [0.3, 0.4) is 0 Å². The maximum Gasteiger partial charge on any atom is 0.327 e. The van der Waals surface area contributed by atoms with E-state index < -0.39 is 17.7 Å². The molecule has 3 N–H and O–H groups in total. The van der Waals surface area contributed by atoms with Gasteiger partial charge in [0.2, 0.25) is 0 Å². The first-order valence-corrected chi connectivity index (χ1v) is 9.03. The molecule has 0 bridgehead atoms. The molecule has 4 rings (SSSR count). The Kier molecular flexibility index (Phi) is 4.78. The second-order valence-electron chi connectivity index (χ2n) is 6.60. The summed E-state index contributed by atoms with van der Waals surface area (Å²) < 4.78 is 1.12. The fourth-order valence-corrected chi connectivity index (χ4v) is 2.81. The van der Waals surface area contributed by atoms with Crippen molar-refractivity contribution in [2.24, 2.45) is 0 Å². The lowest BCUT2D eigenvalue weighted by Crippen LogP contribution is -2.49. The number of para-hydroxylation sites is 1. The number of aromatic nitrogens is 2. The highest BCUT2D eigenvalue weighted by Crippen LogP contribution is 2.18. The lowest BCUT2D eigenvalue weighted by atomic mass is 10.1. The van der Waals surface area contributed by atoms with Crippen LogP contribution in [0, 0.1) is 0 Å². The predicted molar refractivity (Wildman–Crippen MR) is 104 cm³/mol. The molecule has 3 aromatic rings. The quantitative estimate of drug-likeness (QED) is 0.441. The van der Waals surface area contributed by atoms with Gasteiger partial charge in [-0.15, -0.1) is 0 Å². The number of hydrogen-bond acceptors (Lipinski definition) is 5. The Morgan fingerprint density at radius 1 is 0.862 bits per heavy atom. The fourth-order valence-electron chi connectivity index (χ4n) is 2.81. The predicted octanol–water partition coefficient (Wildman–Crippen LogP) is 0.425. The molecule has 29 heavy (non-hydrogen) atoms. The Morgan fingerprint density at radius 2 is 1.52 bits per heavy atom. The Hall–Kier alpha value is -4.01. The number of benzene rings is 2. The van der Waals surface area contributed by atoms with Crippen molar-refractivity contribution < 1.29 is 14.4 Å². The third kappa shape index (κ3) is 3.84. The number of carbonyl (C=O) groups is 3. The third-order valence-electron chi connectivity index (χ3n) is 4.43. The van der Waals surface area contributed by atoms with Crippen LogP contribution in [-0.4, -0.2) is 33.5 Å². The lowest BCUT2D eigenvalue weighted by Gasteiger charge is -2.12. The van der Waals surface area contributed by atoms with Crippen LogP contribution in [0.15, 0.2) is 59.4 Å². The van der Waals surface area contributed by atoms with E-state index in [-0.39, 0.29) is 17.3 Å². The molecular weight excluding hydrogens is 374 g/mol. The van der Waals surface area contributed by atoms with Gasteiger partial charge in [0.25, 0.3) is 11.5 Å². The number of amides is 3. The summed E-state index contributed by atoms with van der Waals surface area (Å²) in [5.74, 6) is -2.55. The molecule has 2 aromatic carbocycles. The minimum Gasteiger partial charge on any atom is -0.345 e. The van der Waals surface area contributed by atoms with E-state index in [1.54, 1.807) is 54.6 Å². The van der Waals surface area contributed by atoms with Gasteiger partial charge in [-0.05, 0) is 31.0 Å². The van der Waals surface area contributed by atoms with E-state index in [2.05, 4.69) is 21.3 Å². The number of carbonyl (C=O) groups excluding carboxylic acids is 3. The van der Waals surface area contributed by atoms with Gasteiger partial charge in [-0.1, -0.05) is 36.4 Å². The van der Waals surface area contributed by atoms with Gasteiger partial charge in [-0.2, -0.15) is 9.78 Å². The minimum absolute atomic E-state index is 0.0176. The van der Waals surface area contributed by atoms with Gasteiger partial charge in [0.1, 0.15) is 0 Å². The van der Waals surface area contributed by atoms with E-state index in [1.807, 2.05) is 0 Å². The fraction of sp³-hybridized carbons (Fsp3) is 0.150. The monoisotopic (exact) mass is 391 g/mol. The van der Waals surface area contributed by atoms with Crippen molar-refractivity contribution in [1.29, 1.82) is 0 Å². The molecule has 0 spiro atoms. The zero-order valence-electron chi connectivity index (χ0n) is 15.2. The third-order valence-corrected chi connectivity index (χ3v) is 4.43. The summed E-state index contributed by atoms with van der Waals surface area (Å²) in [5, 5.41) is 7.35. The number of hydrogen-bond donors (Lipinski definition) is 3. The topological polar surface area (TPSA) is 122 Å². The maximum atomic E-state index is 12.8. The molecule has 146 valence electrons. The lowest BCUT2D eigenvalue weighted by molar-refractivity contribution is -0.139. The molecule has 1 aliphatic rings. The second kappa shape index (κ2) is 7.55. The summed E-state index contributed by atoms with van der Waals surface area (Å²) in [7, 11) is 0. The molecule has 9 nitrogen and oxygen atoms in total. The number of nitrogens with zero attached hydrogens (tertiary/aromatic N) is 2. The molecule has 1 aromatic heterocycles. The number of rotatable bonds is 3. The smallest absolute Gasteiger partial charge is 0.327 e. The summed E-state index contributed by atoms with van der Waals surface area (Å²) in [6.07, 6.45) is 1.67. The van der Waals surface area contributed by atoms with Crippen molar-refractivity contribution in [3.63, 3.8) is 0 Å². The van der Waals surface area contributed by atoms with E-state index >= 15 is 0 Å². The van der Waals surface area contributed by atoms with E-state index in [0.717, 1.165) is 17.5 Å². The van der Waals surface area contributed by atoms with Crippen LogP contribution >= 0.6 is 0 Å². The Bertz CT molecular complexity index is 1170. The molecule has 1 aliphatic carbocycles. The van der Waals surface area contributed by atoms with Crippen LogP contribution < -0.4 is 21.7 Å². The molecule has 0 saturated heterocycles. The van der Waals surface area contributed by atoms with Crippen LogP contribution in [0.2, 0.25) is 0 Å². The van der Waals surface area contributed by atoms with Gasteiger partial charge < -0.3 is 5.32 Å². The largest absolute Gasteiger partial charge is 0.345 e. The molecule has 0 aliphatic heterocycles. The second-order valence-corrected chi connectivity index (χ2v) is 6.60. The van der Waals surface area contributed by atoms with E-state index in [4.69, 9.17) is 0 Å². The molecule has 1 saturated carbocycles. The zero-order valence-corrected chi connectivity index (χ0v) is 15.2. The highest BCUT2D eigenvalue weighted by atomic mass is 16.2. The Balaban J connectivity index is 1.64. The zero-order chi connectivity index (χ0) is 20.4. The van der Waals surface area contributed by atoms with E-state index in [1.165, 1.54) is 0 Å². The van der Waals surface area contributed by atoms with Crippen LogP contribution in [0.1, 0.15) is 23.3 Å². The van der Waals surface area contributed by atoms with Crippen LogP contribution in [-0.2, 0) is 9.59 Å². The van der Waals surface area contributed by atoms with Gasteiger partial charge in [0.05, 0.1) is 11.1 Å². The van der Waals surface area contributed by atoms with Gasteiger partial charge in [-0.25, -0.2) is 0 Å². The van der Waals surface area contributed by atoms with Gasteiger partial charge in [0, 0.05) is 11.4 Å².